The zero-order valence-corrected chi connectivity index (χ0v) is 17.2. The summed E-state index contributed by atoms with van der Waals surface area (Å²) >= 11 is 0. The molecule has 1 aromatic heterocycles. The third-order valence-electron chi connectivity index (χ3n) is 4.98. The zero-order valence-electron chi connectivity index (χ0n) is 17.2. The van der Waals surface area contributed by atoms with Crippen LogP contribution in [0.2, 0.25) is 0 Å². The summed E-state index contributed by atoms with van der Waals surface area (Å²) in [6, 6.07) is 17.8. The fourth-order valence-electron chi connectivity index (χ4n) is 3.48. The molecule has 1 aliphatic heterocycles. The van der Waals surface area contributed by atoms with Crippen LogP contribution in [0.5, 0.6) is 0 Å². The molecule has 0 N–H and O–H groups in total. The molecule has 1 saturated heterocycles. The lowest BCUT2D eigenvalue weighted by Gasteiger charge is -2.43. The van der Waals surface area contributed by atoms with E-state index in [0.717, 1.165) is 5.56 Å². The lowest BCUT2D eigenvalue weighted by molar-refractivity contribution is -0.0532. The standard InChI is InChI=1S/C23H27N3O3/c1-22(2,3)29-21(27)26-14-12-23(17-24,19-11-7-8-13-25-19)20(15-26)28-16-18-9-5-4-6-10-18/h4-11,13,20H,12,14-16H2,1-3H3/t20-,23-/m0/s1. The number of aromatic nitrogens is 1. The molecule has 1 fully saturated rings. The van der Waals surface area contributed by atoms with Crippen molar-refractivity contribution in [3.8, 4) is 6.07 Å². The second kappa shape index (κ2) is 8.62. The second-order valence-corrected chi connectivity index (χ2v) is 8.26. The first-order valence-electron chi connectivity index (χ1n) is 9.80. The zero-order chi connectivity index (χ0) is 20.9. The number of pyridine rings is 1. The highest BCUT2D eigenvalue weighted by atomic mass is 16.6. The van der Waals surface area contributed by atoms with Gasteiger partial charge in [0.25, 0.3) is 0 Å². The van der Waals surface area contributed by atoms with Gasteiger partial charge in [0.05, 0.1) is 31.0 Å². The molecular formula is C23H27N3O3. The molecule has 1 amide bonds. The first-order valence-corrected chi connectivity index (χ1v) is 9.80. The summed E-state index contributed by atoms with van der Waals surface area (Å²) in [4.78, 5) is 18.7. The van der Waals surface area contributed by atoms with Gasteiger partial charge in [-0.3, -0.25) is 4.98 Å². The van der Waals surface area contributed by atoms with E-state index in [1.807, 2.05) is 69.3 Å². The molecular weight excluding hydrogens is 366 g/mol. The summed E-state index contributed by atoms with van der Waals surface area (Å²) in [7, 11) is 0. The van der Waals surface area contributed by atoms with Crippen molar-refractivity contribution in [3.05, 3.63) is 66.0 Å². The predicted octanol–water partition coefficient (Wildman–Crippen LogP) is 4.07. The van der Waals surface area contributed by atoms with Gasteiger partial charge in [-0.1, -0.05) is 36.4 Å². The molecule has 3 rings (SSSR count). The van der Waals surface area contributed by atoms with E-state index in [1.165, 1.54) is 0 Å². The van der Waals surface area contributed by atoms with E-state index in [9.17, 15) is 10.1 Å². The Bertz CT molecular complexity index is 858. The molecule has 2 heterocycles. The molecule has 152 valence electrons. The topological polar surface area (TPSA) is 75.5 Å². The van der Waals surface area contributed by atoms with Crippen molar-refractivity contribution >= 4 is 6.09 Å². The van der Waals surface area contributed by atoms with Crippen molar-refractivity contribution in [2.24, 2.45) is 0 Å². The largest absolute Gasteiger partial charge is 0.444 e. The Morgan fingerprint density at radius 1 is 1.24 bits per heavy atom. The minimum atomic E-state index is -0.922. The van der Waals surface area contributed by atoms with E-state index >= 15 is 0 Å². The van der Waals surface area contributed by atoms with Crippen molar-refractivity contribution in [2.45, 2.75) is 50.9 Å². The number of amides is 1. The van der Waals surface area contributed by atoms with Crippen LogP contribution < -0.4 is 0 Å². The SMILES string of the molecule is CC(C)(C)OC(=O)N1CC[C@](C#N)(c2ccccn2)[C@@H](OCc2ccccc2)C1. The van der Waals surface area contributed by atoms with E-state index in [4.69, 9.17) is 9.47 Å². The van der Waals surface area contributed by atoms with E-state index in [2.05, 4.69) is 11.1 Å². The number of ether oxygens (including phenoxy) is 2. The Hall–Kier alpha value is -2.91. The van der Waals surface area contributed by atoms with Gasteiger partial charge in [-0.2, -0.15) is 5.26 Å². The van der Waals surface area contributed by atoms with Crippen LogP contribution in [-0.2, 0) is 21.5 Å². The van der Waals surface area contributed by atoms with Gasteiger partial charge in [0.15, 0.2) is 0 Å². The van der Waals surface area contributed by atoms with Crippen LogP contribution in [-0.4, -0.2) is 40.8 Å². The number of carbonyl (C=O) groups excluding carboxylic acids is 1. The summed E-state index contributed by atoms with van der Waals surface area (Å²) in [5.41, 5.74) is 0.177. The maximum absolute atomic E-state index is 12.6. The molecule has 2 aromatic rings. The van der Waals surface area contributed by atoms with E-state index in [1.54, 1.807) is 11.1 Å². The average Bonchev–Trinajstić information content (AvgIpc) is 2.72. The number of hydrogen-bond donors (Lipinski definition) is 0. The molecule has 6 nitrogen and oxygen atoms in total. The smallest absolute Gasteiger partial charge is 0.410 e. The molecule has 1 aliphatic rings. The van der Waals surface area contributed by atoms with Crippen LogP contribution in [0.3, 0.4) is 0 Å². The molecule has 0 bridgehead atoms. The van der Waals surface area contributed by atoms with Crippen molar-refractivity contribution in [1.29, 1.82) is 5.26 Å². The molecule has 0 aliphatic carbocycles. The maximum Gasteiger partial charge on any atom is 0.410 e. The third kappa shape index (κ3) is 4.93. The Labute approximate surface area is 172 Å². The van der Waals surface area contributed by atoms with Gasteiger partial charge in [-0.05, 0) is 44.9 Å². The van der Waals surface area contributed by atoms with Crippen molar-refractivity contribution in [1.82, 2.24) is 9.88 Å². The highest BCUT2D eigenvalue weighted by Crippen LogP contribution is 2.37. The number of hydrogen-bond acceptors (Lipinski definition) is 5. The van der Waals surface area contributed by atoms with Gasteiger partial charge in [0, 0.05) is 12.7 Å². The number of nitrogens with zero attached hydrogens (tertiary/aromatic N) is 3. The monoisotopic (exact) mass is 393 g/mol. The lowest BCUT2D eigenvalue weighted by atomic mass is 9.74. The van der Waals surface area contributed by atoms with E-state index < -0.39 is 23.2 Å². The average molecular weight is 393 g/mol. The van der Waals surface area contributed by atoms with Crippen LogP contribution in [0.1, 0.15) is 38.4 Å². The molecule has 0 unspecified atom stereocenters. The van der Waals surface area contributed by atoms with E-state index in [-0.39, 0.29) is 6.54 Å². The second-order valence-electron chi connectivity index (χ2n) is 8.26. The predicted molar refractivity (Wildman–Crippen MR) is 109 cm³/mol. The lowest BCUT2D eigenvalue weighted by Crippen LogP contribution is -2.56. The molecule has 0 spiro atoms. The van der Waals surface area contributed by atoms with Gasteiger partial charge >= 0.3 is 6.09 Å². The summed E-state index contributed by atoms with van der Waals surface area (Å²) in [5, 5.41) is 10.2. The Morgan fingerprint density at radius 2 is 1.97 bits per heavy atom. The van der Waals surface area contributed by atoms with Crippen LogP contribution in [0, 0.1) is 11.3 Å². The van der Waals surface area contributed by atoms with Gasteiger partial charge in [0.1, 0.15) is 11.0 Å². The number of benzene rings is 1. The molecule has 29 heavy (non-hydrogen) atoms. The van der Waals surface area contributed by atoms with E-state index in [0.29, 0.717) is 25.3 Å². The van der Waals surface area contributed by atoms with Gasteiger partial charge in [0.2, 0.25) is 0 Å². The molecule has 0 saturated carbocycles. The number of carbonyl (C=O) groups is 1. The number of rotatable bonds is 4. The van der Waals surface area contributed by atoms with Gasteiger partial charge < -0.3 is 14.4 Å². The highest BCUT2D eigenvalue weighted by Gasteiger charge is 2.48. The summed E-state index contributed by atoms with van der Waals surface area (Å²) in [6.07, 6.45) is 1.20. The van der Waals surface area contributed by atoms with Crippen LogP contribution in [0.25, 0.3) is 0 Å². The Morgan fingerprint density at radius 3 is 2.59 bits per heavy atom. The quantitative estimate of drug-likeness (QED) is 0.783. The maximum atomic E-state index is 12.6. The van der Waals surface area contributed by atoms with Crippen molar-refractivity contribution in [3.63, 3.8) is 0 Å². The minimum absolute atomic E-state index is 0.270. The minimum Gasteiger partial charge on any atom is -0.444 e. The number of nitriles is 1. The Kier molecular flexibility index (Phi) is 6.19. The van der Waals surface area contributed by atoms with Gasteiger partial charge in [-0.15, -0.1) is 0 Å². The third-order valence-corrected chi connectivity index (χ3v) is 4.98. The number of likely N-dealkylation sites (tertiary alicyclic amines) is 1. The molecule has 6 heteroatoms. The number of piperidine rings is 1. The fourth-order valence-corrected chi connectivity index (χ4v) is 3.48. The highest BCUT2D eigenvalue weighted by molar-refractivity contribution is 5.68. The fraction of sp³-hybridized carbons (Fsp3) is 0.435. The Balaban J connectivity index is 1.86. The molecule has 1 aromatic carbocycles. The summed E-state index contributed by atoms with van der Waals surface area (Å²) < 4.78 is 11.8. The molecule has 2 atom stereocenters. The summed E-state index contributed by atoms with van der Waals surface area (Å²) in [5.74, 6) is 0. The first-order chi connectivity index (χ1) is 13.8. The van der Waals surface area contributed by atoms with Crippen LogP contribution >= 0.6 is 0 Å². The summed E-state index contributed by atoms with van der Waals surface area (Å²) in [6.45, 7) is 6.54. The van der Waals surface area contributed by atoms with Gasteiger partial charge in [-0.25, -0.2) is 4.79 Å². The van der Waals surface area contributed by atoms with Crippen LogP contribution in [0.4, 0.5) is 4.79 Å². The van der Waals surface area contributed by atoms with Crippen LogP contribution in [0.15, 0.2) is 54.7 Å². The van der Waals surface area contributed by atoms with Crippen molar-refractivity contribution < 1.29 is 14.3 Å². The molecule has 0 radical (unpaired) electrons. The first kappa shape index (κ1) is 20.8. The van der Waals surface area contributed by atoms with Crippen molar-refractivity contribution in [2.75, 3.05) is 13.1 Å². The normalized spacial score (nSPS) is 22.0.